The number of hydrogen-bond acceptors (Lipinski definition) is 2. The van der Waals surface area contributed by atoms with Crippen LogP contribution >= 0.6 is 24.0 Å². The Hall–Kier alpha value is -0.0400. The molecule has 0 amide bonds. The summed E-state index contributed by atoms with van der Waals surface area (Å²) in [5.41, 5.74) is 5.90. The van der Waals surface area contributed by atoms with Crippen molar-refractivity contribution in [2.24, 2.45) is 10.7 Å². The van der Waals surface area contributed by atoms with Crippen LogP contribution in [0.25, 0.3) is 0 Å². The van der Waals surface area contributed by atoms with Crippen LogP contribution in [0.15, 0.2) is 4.99 Å². The van der Waals surface area contributed by atoms with Crippen LogP contribution in [0.5, 0.6) is 0 Å². The number of nitrogens with two attached hydrogens (primary N) is 1. The lowest BCUT2D eigenvalue weighted by atomic mass is 10.4. The molecule has 17 heavy (non-hydrogen) atoms. The predicted octanol–water partition coefficient (Wildman–Crippen LogP) is 1.75. The first-order valence-corrected chi connectivity index (χ1v) is 6.44. The molecule has 4 nitrogen and oxygen atoms in total. The maximum absolute atomic E-state index is 5.90. The van der Waals surface area contributed by atoms with Crippen LogP contribution in [0.1, 0.15) is 33.1 Å². The van der Waals surface area contributed by atoms with Crippen molar-refractivity contribution in [3.63, 3.8) is 0 Å². The van der Waals surface area contributed by atoms with Gasteiger partial charge in [0.1, 0.15) is 0 Å². The van der Waals surface area contributed by atoms with Crippen molar-refractivity contribution < 1.29 is 0 Å². The normalized spacial score (nSPS) is 15.9. The largest absolute Gasteiger partial charge is 0.370 e. The summed E-state index contributed by atoms with van der Waals surface area (Å²) in [6.07, 6.45) is 3.64. The molecule has 0 aliphatic heterocycles. The minimum atomic E-state index is 0. The monoisotopic (exact) mass is 354 g/mol. The molecule has 2 N–H and O–H groups in total. The number of hydrogen-bond donors (Lipinski definition) is 1. The van der Waals surface area contributed by atoms with E-state index in [4.69, 9.17) is 5.73 Å². The van der Waals surface area contributed by atoms with Gasteiger partial charge in [0.15, 0.2) is 5.96 Å². The van der Waals surface area contributed by atoms with Gasteiger partial charge in [0.2, 0.25) is 0 Å². The molecule has 0 unspecified atom stereocenters. The average Bonchev–Trinajstić information content (AvgIpc) is 3.12. The standard InChI is InChI=1S/C12H26N4.HI/c1-4-16(5-2)10-6-9-14-12(13)15(3)11-7-8-11;/h11H,4-10H2,1-3H3,(H2,13,14);1H. The van der Waals surface area contributed by atoms with E-state index in [1.807, 2.05) is 7.05 Å². The van der Waals surface area contributed by atoms with E-state index < -0.39 is 0 Å². The zero-order chi connectivity index (χ0) is 12.0. The second-order valence-corrected chi connectivity index (χ2v) is 4.46. The molecule has 1 rings (SSSR count). The van der Waals surface area contributed by atoms with Crippen molar-refractivity contribution in [2.75, 3.05) is 33.2 Å². The highest BCUT2D eigenvalue weighted by atomic mass is 127. The van der Waals surface area contributed by atoms with Gasteiger partial charge in [-0.25, -0.2) is 0 Å². The fourth-order valence-electron chi connectivity index (χ4n) is 1.79. The van der Waals surface area contributed by atoms with Crippen LogP contribution in [0, 0.1) is 0 Å². The van der Waals surface area contributed by atoms with Gasteiger partial charge in [-0.2, -0.15) is 0 Å². The third kappa shape index (κ3) is 6.45. The Morgan fingerprint density at radius 2 is 1.88 bits per heavy atom. The Morgan fingerprint density at radius 1 is 1.29 bits per heavy atom. The van der Waals surface area contributed by atoms with Crippen molar-refractivity contribution in [3.8, 4) is 0 Å². The first-order chi connectivity index (χ1) is 7.69. The number of halogens is 1. The second kappa shape index (κ2) is 8.97. The van der Waals surface area contributed by atoms with Crippen LogP contribution in [0.2, 0.25) is 0 Å². The van der Waals surface area contributed by atoms with E-state index in [1.165, 1.54) is 12.8 Å². The Kier molecular flexibility index (Phi) is 8.94. The first-order valence-electron chi connectivity index (χ1n) is 6.44. The third-order valence-corrected chi connectivity index (χ3v) is 3.26. The minimum absolute atomic E-state index is 0. The summed E-state index contributed by atoms with van der Waals surface area (Å²) < 4.78 is 0. The molecule has 0 bridgehead atoms. The van der Waals surface area contributed by atoms with Crippen LogP contribution in [-0.2, 0) is 0 Å². The fraction of sp³-hybridized carbons (Fsp3) is 0.917. The second-order valence-electron chi connectivity index (χ2n) is 4.46. The highest BCUT2D eigenvalue weighted by molar-refractivity contribution is 14.0. The molecule has 0 radical (unpaired) electrons. The first kappa shape index (κ1) is 17.0. The molecule has 1 fully saturated rings. The van der Waals surface area contributed by atoms with E-state index in [9.17, 15) is 0 Å². The van der Waals surface area contributed by atoms with E-state index >= 15 is 0 Å². The summed E-state index contributed by atoms with van der Waals surface area (Å²) in [7, 11) is 2.04. The smallest absolute Gasteiger partial charge is 0.191 e. The molecule has 0 aromatic heterocycles. The van der Waals surface area contributed by atoms with Crippen LogP contribution in [0.4, 0.5) is 0 Å². The summed E-state index contributed by atoms with van der Waals surface area (Å²) in [5.74, 6) is 0.710. The van der Waals surface area contributed by atoms with E-state index in [2.05, 4.69) is 28.6 Å². The number of aliphatic imine (C=N–C) groups is 1. The van der Waals surface area contributed by atoms with Crippen molar-refractivity contribution in [2.45, 2.75) is 39.2 Å². The molecule has 0 aromatic carbocycles. The highest BCUT2D eigenvalue weighted by Crippen LogP contribution is 2.24. The van der Waals surface area contributed by atoms with Gasteiger partial charge in [-0.15, -0.1) is 24.0 Å². The molecule has 102 valence electrons. The summed E-state index contributed by atoms with van der Waals surface area (Å²) >= 11 is 0. The van der Waals surface area contributed by atoms with Gasteiger partial charge in [-0.1, -0.05) is 13.8 Å². The lowest BCUT2D eigenvalue weighted by Gasteiger charge is -2.18. The van der Waals surface area contributed by atoms with Gasteiger partial charge >= 0.3 is 0 Å². The van der Waals surface area contributed by atoms with Gasteiger partial charge in [-0.05, 0) is 38.9 Å². The van der Waals surface area contributed by atoms with Crippen LogP contribution < -0.4 is 5.73 Å². The molecule has 0 saturated heterocycles. The van der Waals surface area contributed by atoms with Crippen molar-refractivity contribution in [3.05, 3.63) is 0 Å². The maximum atomic E-state index is 5.90. The Bertz CT molecular complexity index is 225. The topological polar surface area (TPSA) is 44.9 Å². The van der Waals surface area contributed by atoms with Gasteiger partial charge in [-0.3, -0.25) is 4.99 Å². The molecule has 1 saturated carbocycles. The Labute approximate surface area is 123 Å². The Balaban J connectivity index is 0.00000256. The van der Waals surface area contributed by atoms with Gasteiger partial charge in [0.05, 0.1) is 0 Å². The third-order valence-electron chi connectivity index (χ3n) is 3.26. The van der Waals surface area contributed by atoms with E-state index in [0.29, 0.717) is 12.0 Å². The SMILES string of the molecule is CCN(CC)CCCN=C(N)N(C)C1CC1.I. The summed E-state index contributed by atoms with van der Waals surface area (Å²) in [6, 6.07) is 0.659. The predicted molar refractivity (Wildman–Crippen MR) is 85.1 cm³/mol. The molecule has 0 heterocycles. The minimum Gasteiger partial charge on any atom is -0.370 e. The van der Waals surface area contributed by atoms with E-state index in [1.54, 1.807) is 0 Å². The maximum Gasteiger partial charge on any atom is 0.191 e. The lowest BCUT2D eigenvalue weighted by molar-refractivity contribution is 0.301. The van der Waals surface area contributed by atoms with Gasteiger partial charge in [0, 0.05) is 19.6 Å². The van der Waals surface area contributed by atoms with Crippen molar-refractivity contribution in [1.29, 1.82) is 0 Å². The summed E-state index contributed by atoms with van der Waals surface area (Å²) in [6.45, 7) is 8.61. The van der Waals surface area contributed by atoms with E-state index in [0.717, 1.165) is 32.6 Å². The summed E-state index contributed by atoms with van der Waals surface area (Å²) in [5, 5.41) is 0. The van der Waals surface area contributed by atoms with E-state index in [-0.39, 0.29) is 24.0 Å². The van der Waals surface area contributed by atoms with Crippen molar-refractivity contribution in [1.82, 2.24) is 9.80 Å². The molecule has 0 atom stereocenters. The molecule has 0 aromatic rings. The summed E-state index contributed by atoms with van der Waals surface area (Å²) in [4.78, 5) is 8.94. The number of rotatable bonds is 7. The number of nitrogens with zero attached hydrogens (tertiary/aromatic N) is 3. The lowest BCUT2D eigenvalue weighted by Crippen LogP contribution is -2.36. The number of guanidine groups is 1. The zero-order valence-corrected chi connectivity index (χ0v) is 13.7. The highest BCUT2D eigenvalue weighted by Gasteiger charge is 2.27. The van der Waals surface area contributed by atoms with Gasteiger partial charge < -0.3 is 15.5 Å². The zero-order valence-electron chi connectivity index (χ0n) is 11.4. The van der Waals surface area contributed by atoms with Crippen LogP contribution in [0.3, 0.4) is 0 Å². The average molecular weight is 354 g/mol. The molecule has 0 spiro atoms. The quantitative estimate of drug-likeness (QED) is 0.328. The molecule has 1 aliphatic carbocycles. The molecular weight excluding hydrogens is 327 g/mol. The molecule has 5 heteroatoms. The fourth-order valence-corrected chi connectivity index (χ4v) is 1.79. The molecular formula is C12H27IN4. The Morgan fingerprint density at radius 3 is 2.35 bits per heavy atom. The molecule has 1 aliphatic rings. The van der Waals surface area contributed by atoms with Gasteiger partial charge in [0.25, 0.3) is 0 Å². The van der Waals surface area contributed by atoms with Crippen molar-refractivity contribution >= 4 is 29.9 Å². The van der Waals surface area contributed by atoms with Crippen LogP contribution in [-0.4, -0.2) is 55.0 Å².